The van der Waals surface area contributed by atoms with Crippen LogP contribution in [0.4, 0.5) is 26.3 Å². The Bertz CT molecular complexity index is 330. The standard InChI is InChI=1S/C12H18F6O2/c1-4-10(2,3)9(19)20-6-5-11(15,16)12(17,18)8(14)7-13/h8H,4-7H2,1-3H3. The molecule has 0 bridgehead atoms. The number of hydrogen-bond acceptors (Lipinski definition) is 2. The van der Waals surface area contributed by atoms with Gasteiger partial charge in [0.25, 0.3) is 0 Å². The van der Waals surface area contributed by atoms with E-state index in [1.165, 1.54) is 13.8 Å². The quantitative estimate of drug-likeness (QED) is 0.501. The maximum Gasteiger partial charge on any atom is 0.343 e. The summed E-state index contributed by atoms with van der Waals surface area (Å²) in [5, 5.41) is 0. The van der Waals surface area contributed by atoms with Crippen molar-refractivity contribution in [1.29, 1.82) is 0 Å². The van der Waals surface area contributed by atoms with Crippen LogP contribution in [0.3, 0.4) is 0 Å². The summed E-state index contributed by atoms with van der Waals surface area (Å²) < 4.78 is 80.9. The summed E-state index contributed by atoms with van der Waals surface area (Å²) in [5.74, 6) is -10.8. The molecule has 0 aliphatic carbocycles. The Morgan fingerprint density at radius 1 is 1.20 bits per heavy atom. The summed E-state index contributed by atoms with van der Waals surface area (Å²) in [6, 6.07) is 0. The number of alkyl halides is 6. The fraction of sp³-hybridized carbons (Fsp3) is 0.917. The van der Waals surface area contributed by atoms with Crippen LogP contribution in [0.1, 0.15) is 33.6 Å². The Hall–Kier alpha value is -0.950. The van der Waals surface area contributed by atoms with E-state index in [-0.39, 0.29) is 0 Å². The molecule has 1 unspecified atom stereocenters. The summed E-state index contributed by atoms with van der Waals surface area (Å²) in [6.07, 6.45) is -4.81. The Morgan fingerprint density at radius 3 is 2.10 bits per heavy atom. The molecule has 0 spiro atoms. The maximum absolute atomic E-state index is 13.1. The van der Waals surface area contributed by atoms with Crippen LogP contribution in [0.2, 0.25) is 0 Å². The highest BCUT2D eigenvalue weighted by Crippen LogP contribution is 2.41. The lowest BCUT2D eigenvalue weighted by Crippen LogP contribution is -2.49. The van der Waals surface area contributed by atoms with Gasteiger partial charge in [0.2, 0.25) is 0 Å². The molecule has 20 heavy (non-hydrogen) atoms. The van der Waals surface area contributed by atoms with E-state index in [1.54, 1.807) is 6.92 Å². The monoisotopic (exact) mass is 308 g/mol. The third-order valence-electron chi connectivity index (χ3n) is 3.10. The van der Waals surface area contributed by atoms with E-state index in [1.807, 2.05) is 0 Å². The lowest BCUT2D eigenvalue weighted by molar-refractivity contribution is -0.246. The van der Waals surface area contributed by atoms with E-state index in [4.69, 9.17) is 0 Å². The minimum absolute atomic E-state index is 0.368. The minimum atomic E-state index is -5.14. The van der Waals surface area contributed by atoms with Gasteiger partial charge in [0.15, 0.2) is 6.17 Å². The molecule has 0 aliphatic heterocycles. The molecule has 0 fully saturated rings. The summed E-state index contributed by atoms with van der Waals surface area (Å²) in [4.78, 5) is 11.4. The van der Waals surface area contributed by atoms with Gasteiger partial charge in [-0.3, -0.25) is 4.79 Å². The second-order valence-electron chi connectivity index (χ2n) is 5.07. The Morgan fingerprint density at radius 2 is 1.70 bits per heavy atom. The second-order valence-corrected chi connectivity index (χ2v) is 5.07. The van der Waals surface area contributed by atoms with Gasteiger partial charge in [-0.25, -0.2) is 8.78 Å². The first-order chi connectivity index (χ1) is 8.92. The first kappa shape index (κ1) is 19.1. The highest BCUT2D eigenvalue weighted by atomic mass is 19.3. The van der Waals surface area contributed by atoms with Gasteiger partial charge in [0.05, 0.1) is 18.4 Å². The number of rotatable bonds is 8. The van der Waals surface area contributed by atoms with Crippen molar-refractivity contribution in [1.82, 2.24) is 0 Å². The fourth-order valence-corrected chi connectivity index (χ4v) is 1.10. The van der Waals surface area contributed by atoms with Gasteiger partial charge in [0, 0.05) is 0 Å². The maximum atomic E-state index is 13.1. The summed E-state index contributed by atoms with van der Waals surface area (Å²) in [6.45, 7) is 1.46. The molecule has 0 rings (SSSR count). The Balaban J connectivity index is 4.55. The summed E-state index contributed by atoms with van der Waals surface area (Å²) >= 11 is 0. The molecule has 2 nitrogen and oxygen atoms in total. The molecule has 0 saturated heterocycles. The molecule has 0 saturated carbocycles. The van der Waals surface area contributed by atoms with Gasteiger partial charge in [-0.15, -0.1) is 0 Å². The van der Waals surface area contributed by atoms with Crippen LogP contribution in [0, 0.1) is 5.41 Å². The number of carbonyl (C=O) groups excluding carboxylic acids is 1. The van der Waals surface area contributed by atoms with Crippen molar-refractivity contribution in [3.8, 4) is 0 Å². The van der Waals surface area contributed by atoms with E-state index >= 15 is 0 Å². The highest BCUT2D eigenvalue weighted by molar-refractivity contribution is 5.75. The minimum Gasteiger partial charge on any atom is -0.465 e. The molecule has 1 atom stereocenters. The van der Waals surface area contributed by atoms with E-state index in [9.17, 15) is 31.1 Å². The third-order valence-corrected chi connectivity index (χ3v) is 3.10. The van der Waals surface area contributed by atoms with Gasteiger partial charge < -0.3 is 4.74 Å². The first-order valence-corrected chi connectivity index (χ1v) is 6.05. The molecule has 0 N–H and O–H groups in total. The predicted octanol–water partition coefficient (Wildman–Crippen LogP) is 3.93. The number of hydrogen-bond donors (Lipinski definition) is 0. The lowest BCUT2D eigenvalue weighted by atomic mass is 9.91. The van der Waals surface area contributed by atoms with Crippen molar-refractivity contribution in [3.63, 3.8) is 0 Å². The van der Waals surface area contributed by atoms with Crippen molar-refractivity contribution in [2.24, 2.45) is 5.41 Å². The summed E-state index contributed by atoms with van der Waals surface area (Å²) in [5.41, 5.74) is -0.931. The van der Waals surface area contributed by atoms with Gasteiger partial charge in [-0.1, -0.05) is 6.92 Å². The van der Waals surface area contributed by atoms with Crippen LogP contribution in [-0.4, -0.2) is 37.3 Å². The Labute approximate surface area is 113 Å². The van der Waals surface area contributed by atoms with Gasteiger partial charge in [-0.05, 0) is 20.3 Å². The van der Waals surface area contributed by atoms with Gasteiger partial charge in [0.1, 0.15) is 6.67 Å². The first-order valence-electron chi connectivity index (χ1n) is 6.05. The third kappa shape index (κ3) is 4.28. The Kier molecular flexibility index (Phi) is 6.35. The van der Waals surface area contributed by atoms with E-state index < -0.39 is 49.1 Å². The summed E-state index contributed by atoms with van der Waals surface area (Å²) in [7, 11) is 0. The zero-order chi connectivity index (χ0) is 16.2. The molecule has 120 valence electrons. The smallest absolute Gasteiger partial charge is 0.343 e. The van der Waals surface area contributed by atoms with E-state index in [0.717, 1.165) is 0 Å². The zero-order valence-electron chi connectivity index (χ0n) is 11.5. The number of halogens is 6. The van der Waals surface area contributed by atoms with Crippen LogP contribution < -0.4 is 0 Å². The van der Waals surface area contributed by atoms with Crippen molar-refractivity contribution in [3.05, 3.63) is 0 Å². The molecular weight excluding hydrogens is 290 g/mol. The van der Waals surface area contributed by atoms with Crippen LogP contribution in [-0.2, 0) is 9.53 Å². The van der Waals surface area contributed by atoms with E-state index in [2.05, 4.69) is 4.74 Å². The van der Waals surface area contributed by atoms with Crippen molar-refractivity contribution in [2.45, 2.75) is 51.6 Å². The SMILES string of the molecule is CCC(C)(C)C(=O)OCCC(F)(F)C(F)(F)C(F)CF. The number of ether oxygens (including phenoxy) is 1. The molecule has 0 aromatic carbocycles. The van der Waals surface area contributed by atoms with Crippen molar-refractivity contribution < 1.29 is 35.9 Å². The molecule has 8 heteroatoms. The number of esters is 1. The zero-order valence-corrected chi connectivity index (χ0v) is 11.5. The molecule has 0 amide bonds. The van der Waals surface area contributed by atoms with Crippen molar-refractivity contribution >= 4 is 5.97 Å². The predicted molar refractivity (Wildman–Crippen MR) is 60.4 cm³/mol. The normalized spacial score (nSPS) is 15.1. The van der Waals surface area contributed by atoms with Gasteiger partial charge in [-0.2, -0.15) is 17.6 Å². The average molecular weight is 308 g/mol. The molecule has 0 aromatic rings. The van der Waals surface area contributed by atoms with Crippen LogP contribution >= 0.6 is 0 Å². The lowest BCUT2D eigenvalue weighted by Gasteiger charge is -2.28. The molecule has 0 aromatic heterocycles. The number of carbonyl (C=O) groups is 1. The fourth-order valence-electron chi connectivity index (χ4n) is 1.10. The van der Waals surface area contributed by atoms with Crippen LogP contribution in [0.5, 0.6) is 0 Å². The highest BCUT2D eigenvalue weighted by Gasteiger charge is 2.61. The second kappa shape index (κ2) is 6.67. The molecular formula is C12H18F6O2. The van der Waals surface area contributed by atoms with Crippen LogP contribution in [0.25, 0.3) is 0 Å². The largest absolute Gasteiger partial charge is 0.465 e. The van der Waals surface area contributed by atoms with Gasteiger partial charge >= 0.3 is 17.8 Å². The van der Waals surface area contributed by atoms with E-state index in [0.29, 0.717) is 6.42 Å². The van der Waals surface area contributed by atoms with Crippen molar-refractivity contribution in [2.75, 3.05) is 13.3 Å². The van der Waals surface area contributed by atoms with Crippen LogP contribution in [0.15, 0.2) is 0 Å². The molecule has 0 radical (unpaired) electrons. The molecule has 0 aliphatic rings. The topological polar surface area (TPSA) is 26.3 Å². The molecule has 0 heterocycles. The average Bonchev–Trinajstić information content (AvgIpc) is 2.36.